The Morgan fingerprint density at radius 2 is 0.857 bits per heavy atom. The van der Waals surface area contributed by atoms with Gasteiger partial charge in [-0.3, -0.25) is 14.4 Å². The van der Waals surface area contributed by atoms with Gasteiger partial charge in [-0.2, -0.15) is 0 Å². The zero-order chi connectivity index (χ0) is 56.1. The lowest BCUT2D eigenvalue weighted by Gasteiger charge is -2.40. The van der Waals surface area contributed by atoms with Crippen molar-refractivity contribution in [3.05, 3.63) is 109 Å². The lowest BCUT2D eigenvalue weighted by atomic mass is 9.98. The summed E-state index contributed by atoms with van der Waals surface area (Å²) in [5.41, 5.74) is 0. The molecule has 1 aliphatic rings. The minimum absolute atomic E-state index is 0.0345. The molecule has 1 saturated heterocycles. The van der Waals surface area contributed by atoms with Crippen molar-refractivity contribution >= 4 is 23.9 Å². The highest BCUT2D eigenvalue weighted by Gasteiger charge is 2.50. The number of hydrogen-bond acceptors (Lipinski definition) is 11. The Morgan fingerprint density at radius 1 is 0.455 bits per heavy atom. The summed E-state index contributed by atoms with van der Waals surface area (Å²) in [5.74, 6) is -3.32. The van der Waals surface area contributed by atoms with Crippen LogP contribution in [-0.4, -0.2) is 89.2 Å². The molecular weight excluding hydrogens is 973 g/mol. The molecule has 1 rings (SSSR count). The minimum atomic E-state index is -1.92. The van der Waals surface area contributed by atoms with Crippen molar-refractivity contribution in [1.82, 2.24) is 0 Å². The summed E-state index contributed by atoms with van der Waals surface area (Å²) in [5, 5.41) is 31.5. The van der Waals surface area contributed by atoms with Crippen molar-refractivity contribution in [1.29, 1.82) is 0 Å². The van der Waals surface area contributed by atoms with Gasteiger partial charge < -0.3 is 39.0 Å². The number of carbonyl (C=O) groups excluding carboxylic acids is 3. The topological polar surface area (TPSA) is 175 Å². The molecule has 0 amide bonds. The fourth-order valence-corrected chi connectivity index (χ4v) is 8.33. The van der Waals surface area contributed by atoms with Gasteiger partial charge in [0.2, 0.25) is 0 Å². The van der Waals surface area contributed by atoms with Crippen LogP contribution in [-0.2, 0) is 42.9 Å². The Morgan fingerprint density at radius 3 is 1.32 bits per heavy atom. The number of aliphatic carboxylic acids is 1. The van der Waals surface area contributed by atoms with Crippen molar-refractivity contribution in [2.45, 2.75) is 263 Å². The maximum absolute atomic E-state index is 13.1. The number of aliphatic hydroxyl groups is 2. The molecule has 6 atom stereocenters. The number of carboxylic acids is 1. The van der Waals surface area contributed by atoms with E-state index in [0.717, 1.165) is 128 Å². The average molecular weight is 1080 g/mol. The summed E-state index contributed by atoms with van der Waals surface area (Å²) in [4.78, 5) is 51.1. The fraction of sp³-hybridized carbons (Fsp3) is 0.662. The zero-order valence-electron chi connectivity index (χ0n) is 47.9. The smallest absolute Gasteiger partial charge is 0.335 e. The Hall–Kier alpha value is -4.62. The van der Waals surface area contributed by atoms with E-state index < -0.39 is 67.3 Å². The normalized spacial score (nSPS) is 18.8. The van der Waals surface area contributed by atoms with Crippen LogP contribution in [0.25, 0.3) is 0 Å². The third-order valence-electron chi connectivity index (χ3n) is 12.8. The van der Waals surface area contributed by atoms with Crippen LogP contribution in [0.15, 0.2) is 109 Å². The van der Waals surface area contributed by atoms with E-state index in [4.69, 9.17) is 23.7 Å². The first kappa shape index (κ1) is 70.4. The number of aliphatic hydroxyl groups excluding tert-OH is 2. The summed E-state index contributed by atoms with van der Waals surface area (Å²) in [7, 11) is 0. The van der Waals surface area contributed by atoms with Crippen molar-refractivity contribution in [3.63, 3.8) is 0 Å². The first-order chi connectivity index (χ1) is 37.6. The molecule has 0 radical (unpaired) electrons. The van der Waals surface area contributed by atoms with E-state index in [-0.39, 0.29) is 25.9 Å². The van der Waals surface area contributed by atoms with Crippen LogP contribution in [0, 0.1) is 0 Å². The second-order valence-electron chi connectivity index (χ2n) is 19.9. The van der Waals surface area contributed by atoms with Gasteiger partial charge in [-0.1, -0.05) is 214 Å². The van der Waals surface area contributed by atoms with Crippen LogP contribution < -0.4 is 0 Å². The second-order valence-corrected chi connectivity index (χ2v) is 19.9. The molecule has 12 nitrogen and oxygen atoms in total. The molecule has 1 aliphatic heterocycles. The predicted molar refractivity (Wildman–Crippen MR) is 312 cm³/mol. The summed E-state index contributed by atoms with van der Waals surface area (Å²) in [6.07, 6.45) is 58.0. The first-order valence-corrected chi connectivity index (χ1v) is 29.9. The van der Waals surface area contributed by atoms with Gasteiger partial charge in [0, 0.05) is 12.8 Å². The van der Waals surface area contributed by atoms with Crippen LogP contribution in [0.4, 0.5) is 0 Å². The minimum Gasteiger partial charge on any atom is -0.479 e. The van der Waals surface area contributed by atoms with Crippen molar-refractivity contribution in [2.75, 3.05) is 13.2 Å². The van der Waals surface area contributed by atoms with Crippen LogP contribution in [0.5, 0.6) is 0 Å². The fourth-order valence-electron chi connectivity index (χ4n) is 8.33. The van der Waals surface area contributed by atoms with Gasteiger partial charge in [-0.05, 0) is 103 Å². The largest absolute Gasteiger partial charge is 0.479 e. The highest BCUT2D eigenvalue weighted by atomic mass is 16.7. The SMILES string of the molecule is CC/C=C\C/C=C\C/C=C\C/C=C\C/C=C\CC(=O)OC(COC(=O)CCCCCCCCC/C=C\C/C=C\C/C=C\CC)COC1OC(C(=O)O)C(O)C(O)C1OC(=O)CCCCCCC/C=C\CCCCCCCC. The van der Waals surface area contributed by atoms with Crippen LogP contribution >= 0.6 is 0 Å². The summed E-state index contributed by atoms with van der Waals surface area (Å²) >= 11 is 0. The number of hydrogen-bond donors (Lipinski definition) is 3. The lowest BCUT2D eigenvalue weighted by molar-refractivity contribution is -0.301. The van der Waals surface area contributed by atoms with E-state index in [2.05, 4.69) is 106 Å². The molecule has 0 aromatic heterocycles. The number of allylic oxidation sites excluding steroid dienone is 17. The average Bonchev–Trinajstić information content (AvgIpc) is 3.43. The van der Waals surface area contributed by atoms with Gasteiger partial charge >= 0.3 is 23.9 Å². The molecular formula is C65H104O12. The van der Waals surface area contributed by atoms with E-state index in [0.29, 0.717) is 19.3 Å². The molecule has 0 saturated carbocycles. The Labute approximate surface area is 465 Å². The molecule has 1 fully saturated rings. The quantitative estimate of drug-likeness (QED) is 0.0228. The molecule has 0 aliphatic carbocycles. The van der Waals surface area contributed by atoms with Crippen LogP contribution in [0.3, 0.4) is 0 Å². The monoisotopic (exact) mass is 1080 g/mol. The standard InChI is InChI=1S/C65H104O12/c1-4-7-10-13-16-19-22-25-28-29-32-33-36-39-42-45-48-51-57(66)73-54-56(75-58(67)52-49-46-43-40-37-34-30-26-23-20-17-14-11-8-5-2)55-74-65-63(61(70)60(69)62(77-65)64(71)72)76-59(68)53-50-47-44-41-38-35-31-27-24-21-18-15-12-9-6-3/h7-8,10-11,16-17,19-20,25-28,30-31,37,40,46,49,56,60-63,65,69-70H,4-6,9,12-15,18,21-24,29,32-36,38-39,41-45,47-48,50-55H2,1-3H3,(H,71,72)/b10-7-,11-8-,19-16-,20-17-,28-25-,30-26-,31-27-,40-37-,49-46-. The zero-order valence-corrected chi connectivity index (χ0v) is 47.9. The van der Waals surface area contributed by atoms with E-state index in [9.17, 15) is 34.5 Å². The maximum atomic E-state index is 13.1. The van der Waals surface area contributed by atoms with Crippen LogP contribution in [0.1, 0.15) is 226 Å². The predicted octanol–water partition coefficient (Wildman–Crippen LogP) is 15.4. The molecule has 1 heterocycles. The molecule has 436 valence electrons. The number of ether oxygens (including phenoxy) is 5. The maximum Gasteiger partial charge on any atom is 0.335 e. The number of carbonyl (C=O) groups is 4. The van der Waals surface area contributed by atoms with E-state index >= 15 is 0 Å². The summed E-state index contributed by atoms with van der Waals surface area (Å²) in [6.45, 7) is 5.66. The number of carboxylic acid groups (broad SMARTS) is 1. The van der Waals surface area contributed by atoms with Gasteiger partial charge in [0.25, 0.3) is 0 Å². The van der Waals surface area contributed by atoms with Gasteiger partial charge in [-0.15, -0.1) is 0 Å². The summed E-state index contributed by atoms with van der Waals surface area (Å²) < 4.78 is 28.3. The molecule has 0 bridgehead atoms. The van der Waals surface area contributed by atoms with Gasteiger partial charge in [0.05, 0.1) is 13.0 Å². The van der Waals surface area contributed by atoms with E-state index in [1.165, 1.54) is 38.5 Å². The highest BCUT2D eigenvalue weighted by molar-refractivity contribution is 5.74. The molecule has 0 aromatic rings. The van der Waals surface area contributed by atoms with Crippen molar-refractivity contribution in [3.8, 4) is 0 Å². The molecule has 3 N–H and O–H groups in total. The van der Waals surface area contributed by atoms with E-state index in [1.807, 2.05) is 18.2 Å². The Kier molecular flexibility index (Phi) is 47.6. The number of rotatable bonds is 49. The molecule has 6 unspecified atom stereocenters. The number of unbranched alkanes of at least 4 members (excludes halogenated alkanes) is 18. The van der Waals surface area contributed by atoms with Gasteiger partial charge in [0.1, 0.15) is 18.8 Å². The third kappa shape index (κ3) is 42.1. The summed E-state index contributed by atoms with van der Waals surface area (Å²) in [6, 6.07) is 0. The Balaban J connectivity index is 2.75. The second kappa shape index (κ2) is 52.1. The lowest BCUT2D eigenvalue weighted by Crippen LogP contribution is -2.61. The first-order valence-electron chi connectivity index (χ1n) is 29.9. The van der Waals surface area contributed by atoms with Crippen molar-refractivity contribution < 1.29 is 58.2 Å². The van der Waals surface area contributed by atoms with Gasteiger partial charge in [0.15, 0.2) is 24.6 Å². The molecule has 0 spiro atoms. The molecule has 0 aromatic carbocycles. The van der Waals surface area contributed by atoms with E-state index in [1.54, 1.807) is 6.08 Å². The van der Waals surface area contributed by atoms with Gasteiger partial charge in [-0.25, -0.2) is 4.79 Å². The third-order valence-corrected chi connectivity index (χ3v) is 12.8. The van der Waals surface area contributed by atoms with Crippen molar-refractivity contribution in [2.24, 2.45) is 0 Å². The van der Waals surface area contributed by atoms with Crippen LogP contribution in [0.2, 0.25) is 0 Å². The molecule has 12 heteroatoms. The molecule has 77 heavy (non-hydrogen) atoms. The number of esters is 3. The highest BCUT2D eigenvalue weighted by Crippen LogP contribution is 2.26. The Bertz CT molecular complexity index is 1750.